The molecule has 8 nitrogen and oxygen atoms in total. The first kappa shape index (κ1) is 22.4. The van der Waals surface area contributed by atoms with Crippen LogP contribution in [0.3, 0.4) is 0 Å². The van der Waals surface area contributed by atoms with E-state index in [9.17, 15) is 9.59 Å². The Hall–Kier alpha value is -1.91. The van der Waals surface area contributed by atoms with Crippen LogP contribution in [0.2, 0.25) is 5.15 Å². The van der Waals surface area contributed by atoms with Crippen LogP contribution in [0.25, 0.3) is 6.08 Å². The average molecular weight is 444 g/mol. The molecule has 0 saturated heterocycles. The molecule has 2 heterocycles. The second kappa shape index (κ2) is 10.6. The van der Waals surface area contributed by atoms with Gasteiger partial charge in [-0.2, -0.15) is 5.10 Å². The normalized spacial score (nSPS) is 11.4. The van der Waals surface area contributed by atoms with Crippen molar-refractivity contribution in [3.63, 3.8) is 0 Å². The summed E-state index contributed by atoms with van der Waals surface area (Å²) in [6.45, 7) is 8.80. The van der Waals surface area contributed by atoms with Crippen molar-refractivity contribution in [1.29, 1.82) is 0 Å². The summed E-state index contributed by atoms with van der Waals surface area (Å²) in [6, 6.07) is 0. The van der Waals surface area contributed by atoms with Crippen LogP contribution >= 0.6 is 34.7 Å². The number of esters is 1. The lowest BCUT2D eigenvalue weighted by atomic mass is 10.2. The van der Waals surface area contributed by atoms with Gasteiger partial charge in [0, 0.05) is 18.2 Å². The van der Waals surface area contributed by atoms with Crippen molar-refractivity contribution in [3.8, 4) is 0 Å². The number of hydrogen-bond donors (Lipinski definition) is 1. The molecule has 1 N–H and O–H groups in total. The van der Waals surface area contributed by atoms with Gasteiger partial charge >= 0.3 is 5.97 Å². The van der Waals surface area contributed by atoms with Gasteiger partial charge < -0.3 is 4.74 Å². The third-order valence-electron chi connectivity index (χ3n) is 3.30. The van der Waals surface area contributed by atoms with E-state index in [2.05, 4.69) is 34.5 Å². The van der Waals surface area contributed by atoms with Crippen LogP contribution in [0.15, 0.2) is 10.4 Å². The fourth-order valence-electron chi connectivity index (χ4n) is 2.17. The van der Waals surface area contributed by atoms with Crippen LogP contribution in [-0.2, 0) is 20.9 Å². The lowest BCUT2D eigenvalue weighted by molar-refractivity contribution is -0.139. The number of amides is 1. The Balaban J connectivity index is 1.94. The fourth-order valence-corrected chi connectivity index (χ4v) is 4.03. The Morgan fingerprint density at radius 1 is 1.39 bits per heavy atom. The van der Waals surface area contributed by atoms with Crippen molar-refractivity contribution in [2.75, 3.05) is 17.7 Å². The Bertz CT molecular complexity index is 863. The SMILES string of the molecule is CCOC(=O)CSc1nnc(NC(=O)/C=C/c2c(C)nn(CC(C)C)c2Cl)s1. The third kappa shape index (κ3) is 6.61. The summed E-state index contributed by atoms with van der Waals surface area (Å²) in [4.78, 5) is 23.5. The Morgan fingerprint density at radius 2 is 2.14 bits per heavy atom. The molecule has 0 aliphatic heterocycles. The zero-order valence-electron chi connectivity index (χ0n) is 16.1. The minimum atomic E-state index is -0.356. The van der Waals surface area contributed by atoms with Crippen molar-refractivity contribution in [2.45, 2.75) is 38.6 Å². The van der Waals surface area contributed by atoms with Crippen molar-refractivity contribution >= 4 is 57.8 Å². The molecule has 28 heavy (non-hydrogen) atoms. The van der Waals surface area contributed by atoms with Gasteiger partial charge in [-0.15, -0.1) is 10.2 Å². The standard InChI is InChI=1S/C17H22ClN5O3S2/c1-5-26-14(25)9-27-17-21-20-16(28-17)19-13(24)7-6-12-11(4)22-23(15(12)18)8-10(2)3/h6-7,10H,5,8-9H2,1-4H3,(H,19,20,24)/b7-6+. The van der Waals surface area contributed by atoms with E-state index in [-0.39, 0.29) is 17.6 Å². The molecule has 0 aliphatic rings. The first-order valence-electron chi connectivity index (χ1n) is 8.64. The predicted octanol–water partition coefficient (Wildman–Crippen LogP) is 3.66. The second-order valence-electron chi connectivity index (χ2n) is 6.16. The molecule has 0 aliphatic carbocycles. The summed E-state index contributed by atoms with van der Waals surface area (Å²) in [5.74, 6) is -0.119. The van der Waals surface area contributed by atoms with Gasteiger partial charge in [-0.25, -0.2) is 0 Å². The number of halogens is 1. The minimum Gasteiger partial charge on any atom is -0.465 e. The van der Waals surface area contributed by atoms with E-state index in [0.29, 0.717) is 39.3 Å². The number of carbonyl (C=O) groups is 2. The third-order valence-corrected chi connectivity index (χ3v) is 5.65. The van der Waals surface area contributed by atoms with Gasteiger partial charge in [-0.3, -0.25) is 19.6 Å². The highest BCUT2D eigenvalue weighted by atomic mass is 35.5. The maximum Gasteiger partial charge on any atom is 0.316 e. The average Bonchev–Trinajstić information content (AvgIpc) is 3.16. The summed E-state index contributed by atoms with van der Waals surface area (Å²) < 4.78 is 7.15. The smallest absolute Gasteiger partial charge is 0.316 e. The van der Waals surface area contributed by atoms with Gasteiger partial charge in [0.25, 0.3) is 0 Å². The number of nitrogens with one attached hydrogen (secondary N) is 1. The van der Waals surface area contributed by atoms with Crippen LogP contribution in [0.5, 0.6) is 0 Å². The summed E-state index contributed by atoms with van der Waals surface area (Å²) in [7, 11) is 0. The van der Waals surface area contributed by atoms with Gasteiger partial charge in [0.05, 0.1) is 18.1 Å². The van der Waals surface area contributed by atoms with E-state index >= 15 is 0 Å². The maximum atomic E-state index is 12.1. The number of ether oxygens (including phenoxy) is 1. The Labute approximate surface area is 176 Å². The topological polar surface area (TPSA) is 99.0 Å². The van der Waals surface area contributed by atoms with E-state index in [1.165, 1.54) is 29.2 Å². The number of nitrogens with zero attached hydrogens (tertiary/aromatic N) is 4. The summed E-state index contributed by atoms with van der Waals surface area (Å²) in [5.41, 5.74) is 1.46. The maximum absolute atomic E-state index is 12.1. The van der Waals surface area contributed by atoms with Crippen LogP contribution < -0.4 is 5.32 Å². The van der Waals surface area contributed by atoms with E-state index < -0.39 is 0 Å². The van der Waals surface area contributed by atoms with Crippen LogP contribution in [0.4, 0.5) is 5.13 Å². The molecule has 2 aromatic rings. The van der Waals surface area contributed by atoms with Crippen LogP contribution in [0, 0.1) is 12.8 Å². The summed E-state index contributed by atoms with van der Waals surface area (Å²) >= 11 is 8.76. The number of hydrogen-bond acceptors (Lipinski definition) is 8. The number of aromatic nitrogens is 4. The van der Waals surface area contributed by atoms with Crippen molar-refractivity contribution in [1.82, 2.24) is 20.0 Å². The largest absolute Gasteiger partial charge is 0.465 e. The molecular weight excluding hydrogens is 422 g/mol. The van der Waals surface area contributed by atoms with E-state index in [1.807, 2.05) is 6.92 Å². The molecule has 1 amide bonds. The van der Waals surface area contributed by atoms with Crippen LogP contribution in [-0.4, -0.2) is 44.2 Å². The predicted molar refractivity (Wildman–Crippen MR) is 112 cm³/mol. The molecule has 0 unspecified atom stereocenters. The number of anilines is 1. The molecule has 0 radical (unpaired) electrons. The van der Waals surface area contributed by atoms with Gasteiger partial charge in [0.1, 0.15) is 5.15 Å². The number of aryl methyl sites for hydroxylation is 1. The summed E-state index contributed by atoms with van der Waals surface area (Å²) in [6.07, 6.45) is 3.01. The van der Waals surface area contributed by atoms with Gasteiger partial charge in [0.2, 0.25) is 11.0 Å². The van der Waals surface area contributed by atoms with E-state index in [1.54, 1.807) is 17.7 Å². The monoisotopic (exact) mass is 443 g/mol. The Morgan fingerprint density at radius 3 is 2.82 bits per heavy atom. The number of carbonyl (C=O) groups excluding carboxylic acids is 2. The number of rotatable bonds is 9. The molecule has 2 rings (SSSR count). The zero-order valence-corrected chi connectivity index (χ0v) is 18.5. The van der Waals surface area contributed by atoms with Crippen molar-refractivity contribution in [2.24, 2.45) is 5.92 Å². The minimum absolute atomic E-state index is 0.147. The van der Waals surface area contributed by atoms with Crippen LogP contribution in [0.1, 0.15) is 32.0 Å². The highest BCUT2D eigenvalue weighted by molar-refractivity contribution is 8.01. The first-order chi connectivity index (χ1) is 13.3. The van der Waals surface area contributed by atoms with Crippen molar-refractivity contribution < 1.29 is 14.3 Å². The molecule has 0 aromatic carbocycles. The van der Waals surface area contributed by atoms with E-state index in [0.717, 1.165) is 5.69 Å². The van der Waals surface area contributed by atoms with E-state index in [4.69, 9.17) is 16.3 Å². The fraction of sp³-hybridized carbons (Fsp3) is 0.471. The first-order valence-corrected chi connectivity index (χ1v) is 10.8. The second-order valence-corrected chi connectivity index (χ2v) is 8.71. The number of thioether (sulfide) groups is 1. The zero-order chi connectivity index (χ0) is 20.7. The molecular formula is C17H22ClN5O3S2. The summed E-state index contributed by atoms with van der Waals surface area (Å²) in [5, 5.41) is 15.7. The molecule has 0 atom stereocenters. The Kier molecular flexibility index (Phi) is 8.46. The van der Waals surface area contributed by atoms with Crippen molar-refractivity contribution in [3.05, 3.63) is 22.5 Å². The molecule has 152 valence electrons. The van der Waals surface area contributed by atoms with Gasteiger partial charge in [-0.1, -0.05) is 48.5 Å². The molecule has 0 fully saturated rings. The quantitative estimate of drug-likeness (QED) is 0.273. The van der Waals surface area contributed by atoms with Gasteiger partial charge in [-0.05, 0) is 25.8 Å². The molecule has 0 saturated carbocycles. The molecule has 0 bridgehead atoms. The molecule has 2 aromatic heterocycles. The molecule has 0 spiro atoms. The lowest BCUT2D eigenvalue weighted by Gasteiger charge is -2.05. The molecule has 11 heteroatoms. The lowest BCUT2D eigenvalue weighted by Crippen LogP contribution is -2.07. The van der Waals surface area contributed by atoms with Gasteiger partial charge in [0.15, 0.2) is 4.34 Å². The highest BCUT2D eigenvalue weighted by Gasteiger charge is 2.13. The highest BCUT2D eigenvalue weighted by Crippen LogP contribution is 2.26.